The normalized spacial score (nSPS) is 20.5. The molecule has 0 N–H and O–H groups in total. The van der Waals surface area contributed by atoms with Crippen molar-refractivity contribution in [3.05, 3.63) is 28.1 Å². The van der Waals surface area contributed by atoms with Crippen LogP contribution in [0.2, 0.25) is 5.02 Å². The molecule has 1 aliphatic rings. The number of aromatic nitrogens is 2. The van der Waals surface area contributed by atoms with E-state index >= 15 is 0 Å². The van der Waals surface area contributed by atoms with Crippen molar-refractivity contribution in [1.82, 2.24) is 9.78 Å². The molecule has 94 valence electrons. The summed E-state index contributed by atoms with van der Waals surface area (Å²) in [5.41, 5.74) is 3.44. The summed E-state index contributed by atoms with van der Waals surface area (Å²) < 4.78 is 2.00. The minimum Gasteiger partial charge on any atom is -0.268 e. The molecule has 1 atom stereocenters. The largest absolute Gasteiger partial charge is 0.268 e. The first kappa shape index (κ1) is 13.0. The molecule has 1 aromatic heterocycles. The third-order valence-corrected chi connectivity index (χ3v) is 4.08. The smallest absolute Gasteiger partial charge is 0.0850 e. The molecule has 17 heavy (non-hydrogen) atoms. The maximum Gasteiger partial charge on any atom is 0.0850 e. The Hall–Kier alpha value is -0.470. The molecule has 1 aliphatic carbocycles. The Labute approximate surface area is 113 Å². The van der Waals surface area contributed by atoms with Gasteiger partial charge in [0.25, 0.3) is 0 Å². The lowest BCUT2D eigenvalue weighted by Crippen LogP contribution is -2.09. The maximum absolute atomic E-state index is 6.30. The Balaban J connectivity index is 2.23. The first-order valence-electron chi connectivity index (χ1n) is 6.17. The zero-order valence-electron chi connectivity index (χ0n) is 10.3. The van der Waals surface area contributed by atoms with Crippen molar-refractivity contribution < 1.29 is 0 Å². The number of nitrogens with zero attached hydrogens (tertiary/aromatic N) is 2. The van der Waals surface area contributed by atoms with Gasteiger partial charge in [-0.2, -0.15) is 5.10 Å². The number of aryl methyl sites for hydroxylation is 2. The van der Waals surface area contributed by atoms with Gasteiger partial charge in [0.2, 0.25) is 0 Å². The fourth-order valence-corrected chi connectivity index (χ4v) is 2.88. The average molecular weight is 273 g/mol. The Morgan fingerprint density at radius 2 is 2.29 bits per heavy atom. The topological polar surface area (TPSA) is 17.8 Å². The molecule has 0 aliphatic heterocycles. The van der Waals surface area contributed by atoms with E-state index in [4.69, 9.17) is 23.2 Å². The molecule has 0 saturated carbocycles. The van der Waals surface area contributed by atoms with E-state index in [0.717, 1.165) is 42.2 Å². The predicted octanol–water partition coefficient (Wildman–Crippen LogP) is 4.13. The van der Waals surface area contributed by atoms with Crippen LogP contribution in [0.3, 0.4) is 0 Å². The van der Waals surface area contributed by atoms with Crippen LogP contribution in [0.15, 0.2) is 11.6 Å². The van der Waals surface area contributed by atoms with Crippen molar-refractivity contribution in [2.45, 2.75) is 51.5 Å². The van der Waals surface area contributed by atoms with Crippen LogP contribution in [-0.4, -0.2) is 15.2 Å². The van der Waals surface area contributed by atoms with E-state index < -0.39 is 0 Å². The second kappa shape index (κ2) is 5.45. The highest BCUT2D eigenvalue weighted by atomic mass is 35.5. The summed E-state index contributed by atoms with van der Waals surface area (Å²) >= 11 is 12.5. The van der Waals surface area contributed by atoms with Crippen molar-refractivity contribution in [2.75, 3.05) is 0 Å². The van der Waals surface area contributed by atoms with Crippen LogP contribution in [-0.2, 0) is 13.0 Å². The van der Waals surface area contributed by atoms with Gasteiger partial charge in [0, 0.05) is 13.0 Å². The van der Waals surface area contributed by atoms with Gasteiger partial charge in [-0.15, -0.1) is 11.6 Å². The third-order valence-electron chi connectivity index (χ3n) is 3.24. The molecule has 0 amide bonds. The van der Waals surface area contributed by atoms with Crippen molar-refractivity contribution in [3.8, 4) is 0 Å². The Morgan fingerprint density at radius 1 is 1.53 bits per heavy atom. The summed E-state index contributed by atoms with van der Waals surface area (Å²) in [5.74, 6) is 0. The van der Waals surface area contributed by atoms with E-state index in [2.05, 4.69) is 18.1 Å². The van der Waals surface area contributed by atoms with Crippen LogP contribution in [0.4, 0.5) is 0 Å². The Bertz CT molecular complexity index is 435. The molecule has 0 bridgehead atoms. The quantitative estimate of drug-likeness (QED) is 0.598. The van der Waals surface area contributed by atoms with Gasteiger partial charge in [-0.3, -0.25) is 4.68 Å². The lowest BCUT2D eigenvalue weighted by molar-refractivity contribution is 0.613. The second-order valence-corrected chi connectivity index (χ2v) is 5.51. The number of halogens is 2. The van der Waals surface area contributed by atoms with Gasteiger partial charge in [-0.1, -0.05) is 23.3 Å². The van der Waals surface area contributed by atoms with Gasteiger partial charge in [0.05, 0.1) is 21.8 Å². The Kier molecular flexibility index (Phi) is 4.16. The highest BCUT2D eigenvalue weighted by Crippen LogP contribution is 2.28. The first-order valence-corrected chi connectivity index (χ1v) is 6.98. The summed E-state index contributed by atoms with van der Waals surface area (Å²) in [6.07, 6.45) is 6.47. The van der Waals surface area contributed by atoms with E-state index in [1.165, 1.54) is 12.0 Å². The van der Waals surface area contributed by atoms with Crippen LogP contribution >= 0.6 is 23.2 Å². The van der Waals surface area contributed by atoms with Crippen molar-refractivity contribution in [1.29, 1.82) is 0 Å². The minimum atomic E-state index is 0.191. The van der Waals surface area contributed by atoms with E-state index in [-0.39, 0.29) is 5.38 Å². The average Bonchev–Trinajstić information content (AvgIpc) is 2.57. The van der Waals surface area contributed by atoms with Crippen molar-refractivity contribution in [3.63, 3.8) is 0 Å². The summed E-state index contributed by atoms with van der Waals surface area (Å²) in [5, 5.41) is 5.44. The summed E-state index contributed by atoms with van der Waals surface area (Å²) in [6.45, 7) is 4.91. The van der Waals surface area contributed by atoms with Crippen LogP contribution in [0.25, 0.3) is 0 Å². The maximum atomic E-state index is 6.30. The molecule has 0 spiro atoms. The molecular formula is C13H18Cl2N2. The van der Waals surface area contributed by atoms with Gasteiger partial charge in [0.15, 0.2) is 0 Å². The van der Waals surface area contributed by atoms with Crippen molar-refractivity contribution >= 4 is 23.2 Å². The molecule has 0 aromatic carbocycles. The molecular weight excluding hydrogens is 255 g/mol. The molecule has 0 saturated heterocycles. The molecule has 2 nitrogen and oxygen atoms in total. The summed E-state index contributed by atoms with van der Waals surface area (Å²) in [7, 11) is 0. The first-order chi connectivity index (χ1) is 8.11. The SMILES string of the molecule is CCn1nc(C)c(Cl)c1CC1=CC(Cl)CCC1. The van der Waals surface area contributed by atoms with E-state index in [1.54, 1.807) is 0 Å². The fourth-order valence-electron chi connectivity index (χ4n) is 2.35. The molecule has 0 fully saturated rings. The second-order valence-electron chi connectivity index (χ2n) is 4.57. The predicted molar refractivity (Wildman–Crippen MR) is 72.9 cm³/mol. The number of hydrogen-bond acceptors (Lipinski definition) is 1. The molecule has 4 heteroatoms. The van der Waals surface area contributed by atoms with Crippen molar-refractivity contribution in [2.24, 2.45) is 0 Å². The molecule has 1 unspecified atom stereocenters. The van der Waals surface area contributed by atoms with E-state index in [9.17, 15) is 0 Å². The van der Waals surface area contributed by atoms with Gasteiger partial charge < -0.3 is 0 Å². The number of rotatable bonds is 3. The van der Waals surface area contributed by atoms with E-state index in [1.807, 2.05) is 11.6 Å². The zero-order chi connectivity index (χ0) is 12.4. The number of allylic oxidation sites excluding steroid dienone is 2. The summed E-state index contributed by atoms with van der Waals surface area (Å²) in [4.78, 5) is 0. The molecule has 1 aromatic rings. The van der Waals surface area contributed by atoms with Gasteiger partial charge in [0.1, 0.15) is 0 Å². The van der Waals surface area contributed by atoms with E-state index in [0.29, 0.717) is 0 Å². The van der Waals surface area contributed by atoms with Crippen LogP contribution in [0.1, 0.15) is 37.6 Å². The van der Waals surface area contributed by atoms with Gasteiger partial charge >= 0.3 is 0 Å². The number of alkyl halides is 1. The van der Waals surface area contributed by atoms with Gasteiger partial charge in [-0.25, -0.2) is 0 Å². The van der Waals surface area contributed by atoms with Crippen LogP contribution in [0, 0.1) is 6.92 Å². The lowest BCUT2D eigenvalue weighted by atomic mass is 9.95. The third kappa shape index (κ3) is 2.86. The number of hydrogen-bond donors (Lipinski definition) is 0. The highest BCUT2D eigenvalue weighted by molar-refractivity contribution is 6.31. The van der Waals surface area contributed by atoms with Gasteiger partial charge in [-0.05, 0) is 33.1 Å². The molecule has 2 rings (SSSR count). The monoisotopic (exact) mass is 272 g/mol. The standard InChI is InChI=1S/C13H18Cl2N2/c1-3-17-12(13(15)9(2)16-17)8-10-5-4-6-11(14)7-10/h7,11H,3-6,8H2,1-2H3. The van der Waals surface area contributed by atoms with Crippen LogP contribution < -0.4 is 0 Å². The highest BCUT2D eigenvalue weighted by Gasteiger charge is 2.17. The lowest BCUT2D eigenvalue weighted by Gasteiger charge is -2.17. The molecule has 1 heterocycles. The Morgan fingerprint density at radius 3 is 2.94 bits per heavy atom. The summed E-state index contributed by atoms with van der Waals surface area (Å²) in [6, 6.07) is 0. The fraction of sp³-hybridized carbons (Fsp3) is 0.615. The minimum absolute atomic E-state index is 0.191. The zero-order valence-corrected chi connectivity index (χ0v) is 11.9. The van der Waals surface area contributed by atoms with Crippen LogP contribution in [0.5, 0.6) is 0 Å². The molecule has 0 radical (unpaired) electrons.